The molecule has 0 amide bonds. The van der Waals surface area contributed by atoms with Gasteiger partial charge in [-0.05, 0) is 30.7 Å². The normalized spacial score (nSPS) is 11.8. The first-order valence-electron chi connectivity index (χ1n) is 6.39. The molecular weight excluding hydrogens is 272 g/mol. The van der Waals surface area contributed by atoms with Crippen molar-refractivity contribution in [2.24, 2.45) is 0 Å². The number of benzene rings is 1. The summed E-state index contributed by atoms with van der Waals surface area (Å²) < 4.78 is 27.1. The Morgan fingerprint density at radius 1 is 1.15 bits per heavy atom. The van der Waals surface area contributed by atoms with Gasteiger partial charge < -0.3 is 0 Å². The average Bonchev–Trinajstić information content (AvgIpc) is 2.87. The quantitative estimate of drug-likeness (QED) is 0.744. The molecule has 1 aromatic carbocycles. The predicted molar refractivity (Wildman–Crippen MR) is 78.1 cm³/mol. The Kier molecular flexibility index (Phi) is 3.06. The number of pyridine rings is 1. The topological polar surface area (TPSA) is 52.0 Å². The van der Waals surface area contributed by atoms with Gasteiger partial charge in [0, 0.05) is 23.5 Å². The Morgan fingerprint density at radius 3 is 2.60 bits per heavy atom. The maximum atomic E-state index is 12.8. The monoisotopic (exact) mass is 286 g/mol. The van der Waals surface area contributed by atoms with Crippen molar-refractivity contribution in [2.45, 2.75) is 18.2 Å². The summed E-state index contributed by atoms with van der Waals surface area (Å²) in [6.07, 6.45) is 3.94. The van der Waals surface area contributed by atoms with E-state index in [4.69, 9.17) is 0 Å². The molecule has 0 bridgehead atoms. The SMILES string of the molecule is CCc1cc2cnccc2n1S(=O)(=O)c1ccccc1. The molecule has 4 nitrogen and oxygen atoms in total. The van der Waals surface area contributed by atoms with Gasteiger partial charge in [-0.1, -0.05) is 25.1 Å². The zero-order chi connectivity index (χ0) is 14.2. The molecule has 0 aliphatic heterocycles. The third kappa shape index (κ3) is 1.91. The van der Waals surface area contributed by atoms with Gasteiger partial charge in [0.15, 0.2) is 0 Å². The molecule has 20 heavy (non-hydrogen) atoms. The second kappa shape index (κ2) is 4.76. The van der Waals surface area contributed by atoms with Crippen molar-refractivity contribution >= 4 is 20.9 Å². The summed E-state index contributed by atoms with van der Waals surface area (Å²) in [7, 11) is -3.58. The van der Waals surface area contributed by atoms with Crippen LogP contribution in [0.5, 0.6) is 0 Å². The molecule has 0 saturated heterocycles. The highest BCUT2D eigenvalue weighted by atomic mass is 32.2. The Labute approximate surface area is 117 Å². The minimum Gasteiger partial charge on any atom is -0.264 e. The van der Waals surface area contributed by atoms with Gasteiger partial charge in [-0.25, -0.2) is 12.4 Å². The number of aromatic nitrogens is 2. The molecule has 3 rings (SSSR count). The lowest BCUT2D eigenvalue weighted by Crippen LogP contribution is -2.15. The van der Waals surface area contributed by atoms with E-state index >= 15 is 0 Å². The Balaban J connectivity index is 2.34. The number of hydrogen-bond donors (Lipinski definition) is 0. The molecule has 3 aromatic rings. The number of rotatable bonds is 3. The van der Waals surface area contributed by atoms with Crippen molar-refractivity contribution < 1.29 is 8.42 Å². The molecule has 2 aromatic heterocycles. The van der Waals surface area contributed by atoms with Gasteiger partial charge in [-0.2, -0.15) is 0 Å². The van der Waals surface area contributed by atoms with E-state index in [1.807, 2.05) is 13.0 Å². The van der Waals surface area contributed by atoms with Gasteiger partial charge in [0.05, 0.1) is 10.4 Å². The second-order valence-corrected chi connectivity index (χ2v) is 6.29. The predicted octanol–water partition coefficient (Wildman–Crippen LogP) is 2.84. The molecule has 0 radical (unpaired) electrons. The number of fused-ring (bicyclic) bond motifs is 1. The summed E-state index contributed by atoms with van der Waals surface area (Å²) in [5, 5.41) is 0.837. The van der Waals surface area contributed by atoms with E-state index in [2.05, 4.69) is 4.98 Å². The van der Waals surface area contributed by atoms with Crippen LogP contribution in [0.1, 0.15) is 12.6 Å². The third-order valence-electron chi connectivity index (χ3n) is 3.27. The highest BCUT2D eigenvalue weighted by Crippen LogP contribution is 2.25. The van der Waals surface area contributed by atoms with Gasteiger partial charge in [-0.3, -0.25) is 4.98 Å². The first-order valence-corrected chi connectivity index (χ1v) is 7.83. The molecule has 0 atom stereocenters. The van der Waals surface area contributed by atoms with E-state index in [1.54, 1.807) is 48.8 Å². The lowest BCUT2D eigenvalue weighted by Gasteiger charge is -2.10. The zero-order valence-electron chi connectivity index (χ0n) is 11.0. The molecule has 0 spiro atoms. The van der Waals surface area contributed by atoms with E-state index in [0.29, 0.717) is 16.8 Å². The van der Waals surface area contributed by atoms with Crippen LogP contribution in [0.3, 0.4) is 0 Å². The van der Waals surface area contributed by atoms with Crippen molar-refractivity contribution in [3.63, 3.8) is 0 Å². The standard InChI is InChI=1S/C15H14N2O2S/c1-2-13-10-12-11-16-9-8-15(12)17(13)20(18,19)14-6-4-3-5-7-14/h3-11H,2H2,1H3. The van der Waals surface area contributed by atoms with Crippen LogP contribution in [0, 0.1) is 0 Å². The largest absolute Gasteiger partial charge is 0.268 e. The summed E-state index contributed by atoms with van der Waals surface area (Å²) in [4.78, 5) is 4.34. The van der Waals surface area contributed by atoms with Gasteiger partial charge in [-0.15, -0.1) is 0 Å². The van der Waals surface area contributed by atoms with Crippen molar-refractivity contribution in [2.75, 3.05) is 0 Å². The summed E-state index contributed by atoms with van der Waals surface area (Å²) in [6.45, 7) is 1.94. The van der Waals surface area contributed by atoms with E-state index < -0.39 is 10.0 Å². The molecular formula is C15H14N2O2S. The highest BCUT2D eigenvalue weighted by Gasteiger charge is 2.21. The summed E-state index contributed by atoms with van der Waals surface area (Å²) >= 11 is 0. The first-order chi connectivity index (χ1) is 9.64. The molecule has 0 N–H and O–H groups in total. The summed E-state index contributed by atoms with van der Waals surface area (Å²) in [5.41, 5.74) is 1.43. The van der Waals surface area contributed by atoms with E-state index in [1.165, 1.54) is 3.97 Å². The van der Waals surface area contributed by atoms with E-state index in [9.17, 15) is 8.42 Å². The molecule has 0 saturated carbocycles. The summed E-state index contributed by atoms with van der Waals surface area (Å²) in [6, 6.07) is 12.1. The second-order valence-electron chi connectivity index (χ2n) is 4.51. The third-order valence-corrected chi connectivity index (χ3v) is 5.05. The Morgan fingerprint density at radius 2 is 1.90 bits per heavy atom. The van der Waals surface area contributed by atoms with Crippen molar-refractivity contribution in [3.05, 3.63) is 60.6 Å². The molecule has 0 aliphatic carbocycles. The van der Waals surface area contributed by atoms with Crippen LogP contribution in [-0.2, 0) is 16.4 Å². The maximum absolute atomic E-state index is 12.8. The molecule has 102 valence electrons. The number of aryl methyl sites for hydroxylation is 1. The fourth-order valence-corrected chi connectivity index (χ4v) is 3.94. The van der Waals surface area contributed by atoms with Gasteiger partial charge >= 0.3 is 0 Å². The highest BCUT2D eigenvalue weighted by molar-refractivity contribution is 7.90. The maximum Gasteiger partial charge on any atom is 0.268 e. The lowest BCUT2D eigenvalue weighted by molar-refractivity contribution is 0.587. The van der Waals surface area contributed by atoms with Crippen molar-refractivity contribution in [3.8, 4) is 0 Å². The first kappa shape index (κ1) is 12.9. The summed E-state index contributed by atoms with van der Waals surface area (Å²) in [5.74, 6) is 0. The van der Waals surface area contributed by atoms with Crippen LogP contribution < -0.4 is 0 Å². The van der Waals surface area contributed by atoms with Crippen molar-refractivity contribution in [1.82, 2.24) is 8.96 Å². The molecule has 0 aliphatic rings. The minimum absolute atomic E-state index is 0.295. The van der Waals surface area contributed by atoms with Crippen LogP contribution in [0.2, 0.25) is 0 Å². The van der Waals surface area contributed by atoms with Crippen LogP contribution >= 0.6 is 0 Å². The van der Waals surface area contributed by atoms with Crippen LogP contribution in [0.15, 0.2) is 59.8 Å². The molecule has 0 fully saturated rings. The van der Waals surface area contributed by atoms with Crippen LogP contribution in [-0.4, -0.2) is 17.4 Å². The average molecular weight is 286 g/mol. The fourth-order valence-electron chi connectivity index (χ4n) is 2.32. The smallest absolute Gasteiger partial charge is 0.264 e. The molecule has 0 unspecified atom stereocenters. The Hall–Kier alpha value is -2.14. The Bertz CT molecular complexity index is 852. The lowest BCUT2D eigenvalue weighted by atomic mass is 10.3. The van der Waals surface area contributed by atoms with Crippen LogP contribution in [0.25, 0.3) is 10.9 Å². The number of nitrogens with zero attached hydrogens (tertiary/aromatic N) is 2. The molecule has 2 heterocycles. The molecule has 5 heteroatoms. The van der Waals surface area contributed by atoms with Crippen LogP contribution in [0.4, 0.5) is 0 Å². The number of hydrogen-bond acceptors (Lipinski definition) is 3. The van der Waals surface area contributed by atoms with E-state index in [-0.39, 0.29) is 0 Å². The van der Waals surface area contributed by atoms with Gasteiger partial charge in [0.2, 0.25) is 0 Å². The fraction of sp³-hybridized carbons (Fsp3) is 0.133. The zero-order valence-corrected chi connectivity index (χ0v) is 11.8. The van der Waals surface area contributed by atoms with Gasteiger partial charge in [0.1, 0.15) is 0 Å². The minimum atomic E-state index is -3.58. The van der Waals surface area contributed by atoms with E-state index in [0.717, 1.165) is 11.1 Å². The van der Waals surface area contributed by atoms with Crippen molar-refractivity contribution in [1.29, 1.82) is 0 Å². The van der Waals surface area contributed by atoms with Gasteiger partial charge in [0.25, 0.3) is 10.0 Å².